The minimum atomic E-state index is -0.998. The predicted molar refractivity (Wildman–Crippen MR) is 103 cm³/mol. The average Bonchev–Trinajstić information content (AvgIpc) is 3.43. The second-order valence-corrected chi connectivity index (χ2v) is 8.32. The molecule has 1 aliphatic heterocycles. The van der Waals surface area contributed by atoms with Crippen molar-refractivity contribution in [3.8, 4) is 0 Å². The van der Waals surface area contributed by atoms with Crippen LogP contribution in [0.1, 0.15) is 56.1 Å². The van der Waals surface area contributed by atoms with Crippen molar-refractivity contribution in [3.05, 3.63) is 47.2 Å². The number of nitrogens with one attached hydrogen (secondary N) is 1. The highest BCUT2D eigenvalue weighted by Crippen LogP contribution is 2.41. The van der Waals surface area contributed by atoms with Crippen LogP contribution >= 0.6 is 0 Å². The van der Waals surface area contributed by atoms with Crippen LogP contribution in [-0.4, -0.2) is 40.2 Å². The van der Waals surface area contributed by atoms with Gasteiger partial charge < -0.3 is 10.2 Å². The summed E-state index contributed by atoms with van der Waals surface area (Å²) in [6.07, 6.45) is 9.61. The van der Waals surface area contributed by atoms with Crippen LogP contribution in [0.5, 0.6) is 0 Å². The highest BCUT2D eigenvalue weighted by Gasteiger charge is 2.55. The Labute approximate surface area is 164 Å². The molecule has 1 unspecified atom stereocenters. The minimum absolute atomic E-state index is 0.137. The van der Waals surface area contributed by atoms with E-state index in [0.29, 0.717) is 6.42 Å². The Balaban J connectivity index is 1.38. The third kappa shape index (κ3) is 2.65. The third-order valence-corrected chi connectivity index (χ3v) is 6.47. The molecule has 1 heterocycles. The second kappa shape index (κ2) is 6.47. The van der Waals surface area contributed by atoms with Crippen molar-refractivity contribution in [2.75, 3.05) is 6.54 Å². The van der Waals surface area contributed by atoms with Gasteiger partial charge in [-0.05, 0) is 62.5 Å². The van der Waals surface area contributed by atoms with Crippen LogP contribution in [0.25, 0.3) is 0 Å². The first-order chi connectivity index (χ1) is 13.6. The summed E-state index contributed by atoms with van der Waals surface area (Å²) in [5, 5.41) is 2.91. The quantitative estimate of drug-likeness (QED) is 0.818. The summed E-state index contributed by atoms with van der Waals surface area (Å²) in [6, 6.07) is 7.54. The van der Waals surface area contributed by atoms with Gasteiger partial charge in [-0.1, -0.05) is 30.3 Å². The van der Waals surface area contributed by atoms with Crippen LogP contribution in [0, 0.1) is 0 Å². The number of carbonyl (C=O) groups is 3. The molecule has 0 bridgehead atoms. The van der Waals surface area contributed by atoms with Crippen LogP contribution in [0.4, 0.5) is 4.79 Å². The molecule has 3 aliphatic carbocycles. The number of rotatable bonds is 4. The molecule has 4 amide bonds. The summed E-state index contributed by atoms with van der Waals surface area (Å²) in [6.45, 7) is -0.178. The van der Waals surface area contributed by atoms with E-state index in [0.717, 1.165) is 66.7 Å². The number of carbonyl (C=O) groups excluding carboxylic acids is 3. The van der Waals surface area contributed by atoms with Gasteiger partial charge >= 0.3 is 6.03 Å². The molecule has 1 saturated carbocycles. The van der Waals surface area contributed by atoms with Crippen molar-refractivity contribution in [2.45, 2.75) is 62.9 Å². The molecule has 28 heavy (non-hydrogen) atoms. The van der Waals surface area contributed by atoms with E-state index in [1.54, 1.807) is 0 Å². The normalized spacial score (nSPS) is 26.3. The first kappa shape index (κ1) is 17.5. The Bertz CT molecular complexity index is 889. The van der Waals surface area contributed by atoms with Crippen LogP contribution in [0.3, 0.4) is 0 Å². The zero-order valence-corrected chi connectivity index (χ0v) is 15.9. The van der Waals surface area contributed by atoms with Crippen LogP contribution < -0.4 is 5.32 Å². The molecular formula is C22H25N3O3. The topological polar surface area (TPSA) is 69.7 Å². The number of urea groups is 1. The lowest BCUT2D eigenvalue weighted by Crippen LogP contribution is -2.45. The molecular weight excluding hydrogens is 354 g/mol. The minimum Gasteiger partial charge on any atom is -0.319 e. The van der Waals surface area contributed by atoms with Crippen molar-refractivity contribution in [1.29, 1.82) is 0 Å². The average molecular weight is 379 g/mol. The molecule has 1 saturated heterocycles. The van der Waals surface area contributed by atoms with Crippen LogP contribution in [0.15, 0.2) is 36.0 Å². The Morgan fingerprint density at radius 1 is 1.18 bits per heavy atom. The molecule has 146 valence electrons. The van der Waals surface area contributed by atoms with Crippen molar-refractivity contribution in [2.24, 2.45) is 0 Å². The number of hydrogen-bond acceptors (Lipinski definition) is 3. The van der Waals surface area contributed by atoms with Gasteiger partial charge in [-0.15, -0.1) is 0 Å². The standard InChI is InChI=1S/C22H25N3O3/c26-19(25(17-10-11-17)16-7-2-1-3-8-16)14-24-20(27)22(23-21(24)28)13-12-15-6-4-5-9-18(15)22/h4-7,9,17H,1-3,8,10-14H2,(H,23,28). The summed E-state index contributed by atoms with van der Waals surface area (Å²) in [5.74, 6) is -0.424. The Hall–Kier alpha value is -2.63. The fourth-order valence-electron chi connectivity index (χ4n) is 4.92. The number of allylic oxidation sites excluding steroid dienone is 2. The number of imide groups is 1. The maximum Gasteiger partial charge on any atom is 0.325 e. The highest BCUT2D eigenvalue weighted by atomic mass is 16.2. The molecule has 1 aromatic rings. The van der Waals surface area contributed by atoms with E-state index in [1.807, 2.05) is 29.2 Å². The smallest absolute Gasteiger partial charge is 0.319 e. The summed E-state index contributed by atoms with van der Waals surface area (Å²) >= 11 is 0. The van der Waals surface area contributed by atoms with Crippen LogP contribution in [-0.2, 0) is 21.5 Å². The summed E-state index contributed by atoms with van der Waals surface area (Å²) in [5.41, 5.74) is 2.04. The molecule has 1 N–H and O–H groups in total. The monoisotopic (exact) mass is 379 g/mol. The van der Waals surface area contributed by atoms with Gasteiger partial charge in [-0.25, -0.2) is 4.79 Å². The first-order valence-corrected chi connectivity index (χ1v) is 10.3. The number of benzene rings is 1. The van der Waals surface area contributed by atoms with Gasteiger partial charge in [0, 0.05) is 11.7 Å². The molecule has 0 aromatic heterocycles. The summed E-state index contributed by atoms with van der Waals surface area (Å²) in [7, 11) is 0. The van der Waals surface area contributed by atoms with Gasteiger partial charge in [-0.3, -0.25) is 14.5 Å². The van der Waals surface area contributed by atoms with Gasteiger partial charge in [0.2, 0.25) is 5.91 Å². The molecule has 1 spiro atoms. The molecule has 4 aliphatic rings. The van der Waals surface area contributed by atoms with E-state index in [2.05, 4.69) is 11.4 Å². The summed E-state index contributed by atoms with van der Waals surface area (Å²) in [4.78, 5) is 42.1. The molecule has 6 heteroatoms. The SMILES string of the molecule is O=C1NC2(CCc3ccccc32)C(=O)N1CC(=O)N(C1=CCCCC1)C1CC1. The van der Waals surface area contributed by atoms with Gasteiger partial charge in [0.15, 0.2) is 0 Å². The van der Waals surface area contributed by atoms with E-state index < -0.39 is 11.6 Å². The molecule has 1 atom stereocenters. The zero-order chi connectivity index (χ0) is 19.3. The lowest BCUT2D eigenvalue weighted by atomic mass is 9.92. The maximum atomic E-state index is 13.3. The number of nitrogens with zero attached hydrogens (tertiary/aromatic N) is 2. The third-order valence-electron chi connectivity index (χ3n) is 6.47. The van der Waals surface area contributed by atoms with Crippen molar-refractivity contribution in [1.82, 2.24) is 15.1 Å². The number of amides is 4. The summed E-state index contributed by atoms with van der Waals surface area (Å²) < 4.78 is 0. The molecule has 6 nitrogen and oxygen atoms in total. The van der Waals surface area contributed by atoms with Gasteiger partial charge in [0.1, 0.15) is 12.1 Å². The van der Waals surface area contributed by atoms with Crippen molar-refractivity contribution >= 4 is 17.8 Å². The number of aryl methyl sites for hydroxylation is 1. The van der Waals surface area contributed by atoms with E-state index in [-0.39, 0.29) is 24.4 Å². The van der Waals surface area contributed by atoms with Gasteiger partial charge in [-0.2, -0.15) is 0 Å². The predicted octanol–water partition coefficient (Wildman–Crippen LogP) is 2.83. The van der Waals surface area contributed by atoms with E-state index >= 15 is 0 Å². The van der Waals surface area contributed by atoms with E-state index in [4.69, 9.17) is 0 Å². The molecule has 5 rings (SSSR count). The van der Waals surface area contributed by atoms with Crippen molar-refractivity contribution < 1.29 is 14.4 Å². The Kier molecular flexibility index (Phi) is 4.03. The fraction of sp³-hybridized carbons (Fsp3) is 0.500. The van der Waals surface area contributed by atoms with Gasteiger partial charge in [0.05, 0.1) is 0 Å². The molecule has 1 aromatic carbocycles. The second-order valence-electron chi connectivity index (χ2n) is 8.32. The van der Waals surface area contributed by atoms with Crippen molar-refractivity contribution in [3.63, 3.8) is 0 Å². The van der Waals surface area contributed by atoms with E-state index in [1.165, 1.54) is 0 Å². The first-order valence-electron chi connectivity index (χ1n) is 10.3. The largest absolute Gasteiger partial charge is 0.325 e. The Morgan fingerprint density at radius 2 is 2.00 bits per heavy atom. The molecule has 2 fully saturated rings. The molecule has 0 radical (unpaired) electrons. The Morgan fingerprint density at radius 3 is 2.75 bits per heavy atom. The van der Waals surface area contributed by atoms with E-state index in [9.17, 15) is 14.4 Å². The lowest BCUT2D eigenvalue weighted by Gasteiger charge is -2.29. The fourth-order valence-corrected chi connectivity index (χ4v) is 4.92. The lowest BCUT2D eigenvalue weighted by molar-refractivity contribution is -0.138. The van der Waals surface area contributed by atoms with Crippen LogP contribution in [0.2, 0.25) is 0 Å². The maximum absolute atomic E-state index is 13.3. The highest BCUT2D eigenvalue weighted by molar-refractivity contribution is 6.10. The van der Waals surface area contributed by atoms with Gasteiger partial charge in [0.25, 0.3) is 5.91 Å². The number of fused-ring (bicyclic) bond motifs is 2. The zero-order valence-electron chi connectivity index (χ0n) is 15.9. The number of hydrogen-bond donors (Lipinski definition) is 1.